The number of hydrogen-bond acceptors (Lipinski definition) is 6. The van der Waals surface area contributed by atoms with Gasteiger partial charge in [-0.1, -0.05) is 12.1 Å². The molecule has 26 heavy (non-hydrogen) atoms. The van der Waals surface area contributed by atoms with Crippen LogP contribution in [0, 0.1) is 11.8 Å². The zero-order valence-corrected chi connectivity index (χ0v) is 14.9. The van der Waals surface area contributed by atoms with E-state index in [1.54, 1.807) is 24.3 Å². The van der Waals surface area contributed by atoms with Crippen molar-refractivity contribution in [1.29, 1.82) is 0 Å². The summed E-state index contributed by atoms with van der Waals surface area (Å²) in [5, 5.41) is 29.7. The van der Waals surface area contributed by atoms with Gasteiger partial charge in [-0.2, -0.15) is 0 Å². The van der Waals surface area contributed by atoms with Gasteiger partial charge in [0.2, 0.25) is 0 Å². The first-order valence-electron chi connectivity index (χ1n) is 8.53. The zero-order valence-electron chi connectivity index (χ0n) is 14.9. The number of aliphatic hydroxyl groups excluding tert-OH is 1. The monoisotopic (exact) mass is 360 g/mol. The van der Waals surface area contributed by atoms with Crippen LogP contribution in [0.5, 0.6) is 23.0 Å². The maximum atomic E-state index is 10.3. The minimum atomic E-state index is -0.834. The summed E-state index contributed by atoms with van der Waals surface area (Å²) in [6.07, 6.45) is 0.476. The standard InChI is InChI=1S/C20H24O6/c1-24-18-9-12(3-5-16(18)21)7-14-11-26-20(23)15(14)8-13-4-6-17(22)19(10-13)25-2/h3-6,9-10,14-15,20-23H,7-8,11H2,1-2H3/t14-,15+,20-/m1/s1. The molecule has 1 aliphatic heterocycles. The number of ether oxygens (including phenoxy) is 3. The molecule has 0 radical (unpaired) electrons. The minimum absolute atomic E-state index is 0.0796. The summed E-state index contributed by atoms with van der Waals surface area (Å²) in [4.78, 5) is 0. The molecule has 1 aliphatic rings. The molecule has 2 aromatic carbocycles. The second-order valence-electron chi connectivity index (χ2n) is 6.57. The summed E-state index contributed by atoms with van der Waals surface area (Å²) in [6.45, 7) is 0.463. The van der Waals surface area contributed by atoms with Crippen LogP contribution in [0.4, 0.5) is 0 Å². The van der Waals surface area contributed by atoms with E-state index < -0.39 is 6.29 Å². The highest BCUT2D eigenvalue weighted by Gasteiger charge is 2.36. The van der Waals surface area contributed by atoms with E-state index in [2.05, 4.69) is 0 Å². The summed E-state index contributed by atoms with van der Waals surface area (Å²) in [5.41, 5.74) is 1.97. The van der Waals surface area contributed by atoms with Crippen molar-refractivity contribution in [3.05, 3.63) is 47.5 Å². The topological polar surface area (TPSA) is 88.4 Å². The van der Waals surface area contributed by atoms with Crippen molar-refractivity contribution in [1.82, 2.24) is 0 Å². The Morgan fingerprint density at radius 3 is 2.00 bits per heavy atom. The van der Waals surface area contributed by atoms with Crippen LogP contribution >= 0.6 is 0 Å². The van der Waals surface area contributed by atoms with Crippen molar-refractivity contribution < 1.29 is 29.5 Å². The maximum absolute atomic E-state index is 10.3. The van der Waals surface area contributed by atoms with Gasteiger partial charge in [-0.15, -0.1) is 0 Å². The van der Waals surface area contributed by atoms with E-state index in [0.717, 1.165) is 11.1 Å². The second-order valence-corrected chi connectivity index (χ2v) is 6.57. The van der Waals surface area contributed by atoms with Crippen molar-refractivity contribution in [2.24, 2.45) is 11.8 Å². The van der Waals surface area contributed by atoms with Gasteiger partial charge in [0.1, 0.15) is 0 Å². The quantitative estimate of drug-likeness (QED) is 0.733. The minimum Gasteiger partial charge on any atom is -0.504 e. The lowest BCUT2D eigenvalue weighted by Crippen LogP contribution is -2.24. The predicted octanol–water partition coefficient (Wildman–Crippen LogP) is 2.48. The molecular formula is C20H24O6. The summed E-state index contributed by atoms with van der Waals surface area (Å²) < 4.78 is 15.8. The average Bonchev–Trinajstić information content (AvgIpc) is 2.98. The van der Waals surface area contributed by atoms with Gasteiger partial charge < -0.3 is 29.5 Å². The maximum Gasteiger partial charge on any atom is 0.160 e. The summed E-state index contributed by atoms with van der Waals surface area (Å²) >= 11 is 0. The summed E-state index contributed by atoms with van der Waals surface area (Å²) in [5.74, 6) is 1.08. The van der Waals surface area contributed by atoms with Crippen LogP contribution in [0.2, 0.25) is 0 Å². The summed E-state index contributed by atoms with van der Waals surface area (Å²) in [7, 11) is 3.02. The number of rotatable bonds is 6. The van der Waals surface area contributed by atoms with Crippen LogP contribution in [0.15, 0.2) is 36.4 Å². The SMILES string of the molecule is COc1cc(C[C@@H]2CO[C@@H](O)[C@H]2Cc2ccc(O)c(OC)c2)ccc1O. The van der Waals surface area contributed by atoms with Gasteiger partial charge in [0.15, 0.2) is 29.3 Å². The van der Waals surface area contributed by atoms with Gasteiger partial charge in [-0.3, -0.25) is 0 Å². The third-order valence-electron chi connectivity index (χ3n) is 4.91. The van der Waals surface area contributed by atoms with E-state index in [-0.39, 0.29) is 23.3 Å². The molecular weight excluding hydrogens is 336 g/mol. The average molecular weight is 360 g/mol. The zero-order chi connectivity index (χ0) is 18.7. The van der Waals surface area contributed by atoms with Crippen LogP contribution in [0.25, 0.3) is 0 Å². The molecule has 1 heterocycles. The highest BCUT2D eigenvalue weighted by atomic mass is 16.6. The van der Waals surface area contributed by atoms with Gasteiger partial charge >= 0.3 is 0 Å². The lowest BCUT2D eigenvalue weighted by atomic mass is 9.84. The molecule has 6 nitrogen and oxygen atoms in total. The van der Waals surface area contributed by atoms with Gasteiger partial charge in [0, 0.05) is 5.92 Å². The molecule has 0 saturated carbocycles. The van der Waals surface area contributed by atoms with E-state index in [9.17, 15) is 15.3 Å². The largest absolute Gasteiger partial charge is 0.504 e. The first kappa shape index (κ1) is 18.4. The molecule has 140 valence electrons. The number of benzene rings is 2. The molecule has 0 aromatic heterocycles. The molecule has 3 atom stereocenters. The number of methoxy groups -OCH3 is 2. The van der Waals surface area contributed by atoms with Gasteiger partial charge in [-0.05, 0) is 54.2 Å². The smallest absolute Gasteiger partial charge is 0.160 e. The van der Waals surface area contributed by atoms with E-state index in [1.165, 1.54) is 14.2 Å². The normalized spacial score (nSPS) is 22.3. The molecule has 3 N–H and O–H groups in total. The fourth-order valence-corrected chi connectivity index (χ4v) is 3.45. The molecule has 6 heteroatoms. The lowest BCUT2D eigenvalue weighted by molar-refractivity contribution is -0.0820. The molecule has 1 saturated heterocycles. The Balaban J connectivity index is 1.75. The Morgan fingerprint density at radius 2 is 1.46 bits per heavy atom. The highest BCUT2D eigenvalue weighted by molar-refractivity contribution is 5.43. The Morgan fingerprint density at radius 1 is 0.923 bits per heavy atom. The molecule has 0 unspecified atom stereocenters. The van der Waals surface area contributed by atoms with E-state index in [1.807, 2.05) is 12.1 Å². The molecule has 2 aromatic rings. The molecule has 0 bridgehead atoms. The van der Waals surface area contributed by atoms with Crippen LogP contribution in [-0.4, -0.2) is 42.4 Å². The Hall–Kier alpha value is -2.44. The molecule has 1 fully saturated rings. The predicted molar refractivity (Wildman–Crippen MR) is 95.7 cm³/mol. The summed E-state index contributed by atoms with van der Waals surface area (Å²) in [6, 6.07) is 10.5. The number of aromatic hydroxyl groups is 2. The third-order valence-corrected chi connectivity index (χ3v) is 4.91. The van der Waals surface area contributed by atoms with Crippen molar-refractivity contribution in [2.45, 2.75) is 19.1 Å². The van der Waals surface area contributed by atoms with Gasteiger partial charge in [-0.25, -0.2) is 0 Å². The van der Waals surface area contributed by atoms with Crippen LogP contribution in [-0.2, 0) is 17.6 Å². The first-order valence-corrected chi connectivity index (χ1v) is 8.53. The van der Waals surface area contributed by atoms with E-state index >= 15 is 0 Å². The van der Waals surface area contributed by atoms with Crippen molar-refractivity contribution in [3.8, 4) is 23.0 Å². The third kappa shape index (κ3) is 3.86. The number of hydrogen-bond donors (Lipinski definition) is 3. The molecule has 0 aliphatic carbocycles. The molecule has 0 amide bonds. The number of phenolic OH excluding ortho intramolecular Hbond substituents is 2. The lowest BCUT2D eigenvalue weighted by Gasteiger charge is -2.21. The van der Waals surface area contributed by atoms with Crippen molar-refractivity contribution >= 4 is 0 Å². The van der Waals surface area contributed by atoms with Crippen LogP contribution in [0.1, 0.15) is 11.1 Å². The molecule has 0 spiro atoms. The number of aliphatic hydroxyl groups is 1. The first-order chi connectivity index (χ1) is 12.5. The van der Waals surface area contributed by atoms with E-state index in [0.29, 0.717) is 30.9 Å². The second kappa shape index (κ2) is 7.85. The Kier molecular flexibility index (Phi) is 5.54. The molecule has 3 rings (SSSR count). The Bertz CT molecular complexity index is 760. The van der Waals surface area contributed by atoms with Gasteiger partial charge in [0.05, 0.1) is 20.8 Å². The van der Waals surface area contributed by atoms with E-state index in [4.69, 9.17) is 14.2 Å². The van der Waals surface area contributed by atoms with Gasteiger partial charge in [0.25, 0.3) is 0 Å². The fraction of sp³-hybridized carbons (Fsp3) is 0.400. The van der Waals surface area contributed by atoms with Crippen molar-refractivity contribution in [3.63, 3.8) is 0 Å². The fourth-order valence-electron chi connectivity index (χ4n) is 3.45. The van der Waals surface area contributed by atoms with Crippen LogP contribution < -0.4 is 9.47 Å². The number of phenols is 2. The van der Waals surface area contributed by atoms with Crippen LogP contribution in [0.3, 0.4) is 0 Å². The Labute approximate surface area is 152 Å². The van der Waals surface area contributed by atoms with Crippen molar-refractivity contribution in [2.75, 3.05) is 20.8 Å². The highest BCUT2D eigenvalue weighted by Crippen LogP contribution is 2.35.